The fourth-order valence-electron chi connectivity index (χ4n) is 3.99. The van der Waals surface area contributed by atoms with Crippen LogP contribution in [0.25, 0.3) is 21.5 Å². The zero-order valence-corrected chi connectivity index (χ0v) is 22.0. The maximum absolute atomic E-state index is 12.2. The molecule has 0 N–H and O–H groups in total. The minimum atomic E-state index is -0.295. The average Bonchev–Trinajstić information content (AvgIpc) is 2.94. The molecule has 0 aliphatic heterocycles. The number of carbonyl (C=O) groups excluding carboxylic acids is 2. The highest BCUT2D eigenvalue weighted by atomic mass is 16.5. The molecular formula is C32H34O6. The summed E-state index contributed by atoms with van der Waals surface area (Å²) < 4.78 is 22.4. The first kappa shape index (κ1) is 27.0. The summed E-state index contributed by atoms with van der Waals surface area (Å²) in [4.78, 5) is 24.4. The summed E-state index contributed by atoms with van der Waals surface area (Å²) in [6, 6.07) is 22.6. The summed E-state index contributed by atoms with van der Waals surface area (Å²) in [7, 11) is 0. The first-order valence-electron chi connectivity index (χ1n) is 13.2. The molecule has 4 aromatic rings. The van der Waals surface area contributed by atoms with Crippen LogP contribution in [0.1, 0.15) is 60.2 Å². The number of fused-ring (bicyclic) bond motifs is 2. The first-order chi connectivity index (χ1) is 18.6. The highest BCUT2D eigenvalue weighted by Crippen LogP contribution is 2.24. The van der Waals surface area contributed by atoms with E-state index in [0.717, 1.165) is 58.7 Å². The minimum absolute atomic E-state index is 0.295. The minimum Gasteiger partial charge on any atom is -0.490 e. The predicted octanol–water partition coefficient (Wildman–Crippen LogP) is 7.36. The summed E-state index contributed by atoms with van der Waals surface area (Å²) in [6.45, 7) is 5.77. The van der Waals surface area contributed by atoms with Gasteiger partial charge in [0.15, 0.2) is 0 Å². The van der Waals surface area contributed by atoms with Crippen LogP contribution in [0, 0.1) is 0 Å². The van der Waals surface area contributed by atoms with Crippen LogP contribution in [0.5, 0.6) is 11.5 Å². The van der Waals surface area contributed by atoms with Crippen LogP contribution in [0.2, 0.25) is 0 Å². The molecule has 0 aliphatic carbocycles. The molecule has 4 aromatic carbocycles. The Bertz CT molecular complexity index is 1290. The number of carbonyl (C=O) groups is 2. The van der Waals surface area contributed by atoms with Gasteiger partial charge >= 0.3 is 11.9 Å². The number of esters is 2. The zero-order valence-electron chi connectivity index (χ0n) is 22.0. The van der Waals surface area contributed by atoms with Gasteiger partial charge in [0.2, 0.25) is 0 Å². The van der Waals surface area contributed by atoms with Crippen molar-refractivity contribution in [1.82, 2.24) is 0 Å². The van der Waals surface area contributed by atoms with E-state index in [-0.39, 0.29) is 11.9 Å². The van der Waals surface area contributed by atoms with Gasteiger partial charge in [-0.2, -0.15) is 0 Å². The van der Waals surface area contributed by atoms with E-state index in [9.17, 15) is 9.59 Å². The van der Waals surface area contributed by atoms with Crippen LogP contribution in [-0.4, -0.2) is 38.4 Å². The van der Waals surface area contributed by atoms with Gasteiger partial charge in [-0.1, -0.05) is 51.0 Å². The van der Waals surface area contributed by atoms with Crippen molar-refractivity contribution >= 4 is 33.5 Å². The Morgan fingerprint density at radius 1 is 0.526 bits per heavy atom. The van der Waals surface area contributed by atoms with Crippen LogP contribution >= 0.6 is 0 Å². The van der Waals surface area contributed by atoms with Crippen LogP contribution in [0.15, 0.2) is 72.8 Å². The van der Waals surface area contributed by atoms with E-state index >= 15 is 0 Å². The van der Waals surface area contributed by atoms with Crippen LogP contribution < -0.4 is 9.47 Å². The van der Waals surface area contributed by atoms with E-state index in [1.54, 1.807) is 12.1 Å². The van der Waals surface area contributed by atoms with Gasteiger partial charge in [0.1, 0.15) is 24.7 Å². The summed E-state index contributed by atoms with van der Waals surface area (Å²) in [6.07, 6.45) is 3.70. The second-order valence-electron chi connectivity index (χ2n) is 9.12. The second kappa shape index (κ2) is 13.5. The van der Waals surface area contributed by atoms with E-state index in [1.807, 2.05) is 60.7 Å². The molecular weight excluding hydrogens is 480 g/mol. The molecule has 0 aliphatic rings. The molecule has 0 fully saturated rings. The van der Waals surface area contributed by atoms with Crippen LogP contribution in [0.3, 0.4) is 0 Å². The molecule has 0 saturated carbocycles. The molecule has 6 nitrogen and oxygen atoms in total. The standard InChI is InChI=1S/C32H34O6/c1-3-5-15-37-31(33)27-9-7-25-21-29(13-11-23(25)19-27)35-17-18-36-30-14-12-24-20-28(10-8-26(24)22-30)32(34)38-16-6-4-2/h7-14,19-22H,3-6,15-18H2,1-2H3. The first-order valence-corrected chi connectivity index (χ1v) is 13.2. The van der Waals surface area contributed by atoms with Crippen molar-refractivity contribution in [3.63, 3.8) is 0 Å². The highest BCUT2D eigenvalue weighted by molar-refractivity contribution is 5.96. The fourth-order valence-corrected chi connectivity index (χ4v) is 3.99. The van der Waals surface area contributed by atoms with Gasteiger partial charge in [0, 0.05) is 0 Å². The summed E-state index contributed by atoms with van der Waals surface area (Å²) >= 11 is 0. The van der Waals surface area contributed by atoms with Crippen molar-refractivity contribution in [3.05, 3.63) is 83.9 Å². The maximum Gasteiger partial charge on any atom is 0.338 e. The van der Waals surface area contributed by atoms with Crippen molar-refractivity contribution in [2.24, 2.45) is 0 Å². The van der Waals surface area contributed by atoms with E-state index in [0.29, 0.717) is 37.6 Å². The molecule has 0 saturated heterocycles. The van der Waals surface area contributed by atoms with E-state index in [2.05, 4.69) is 13.8 Å². The van der Waals surface area contributed by atoms with Crippen molar-refractivity contribution in [2.45, 2.75) is 39.5 Å². The Balaban J connectivity index is 1.28. The molecule has 0 unspecified atom stereocenters. The number of benzene rings is 4. The third kappa shape index (κ3) is 7.25. The van der Waals surface area contributed by atoms with E-state index in [4.69, 9.17) is 18.9 Å². The molecule has 0 amide bonds. The number of hydrogen-bond acceptors (Lipinski definition) is 6. The van der Waals surface area contributed by atoms with E-state index < -0.39 is 0 Å². The van der Waals surface area contributed by atoms with Gasteiger partial charge in [-0.3, -0.25) is 0 Å². The zero-order chi connectivity index (χ0) is 26.7. The van der Waals surface area contributed by atoms with Crippen molar-refractivity contribution in [1.29, 1.82) is 0 Å². The lowest BCUT2D eigenvalue weighted by atomic mass is 10.1. The molecule has 0 atom stereocenters. The third-order valence-electron chi connectivity index (χ3n) is 6.18. The van der Waals surface area contributed by atoms with E-state index in [1.165, 1.54) is 0 Å². The van der Waals surface area contributed by atoms with Gasteiger partial charge in [0.05, 0.1) is 24.3 Å². The molecule has 0 heterocycles. The van der Waals surface area contributed by atoms with Gasteiger partial charge in [-0.25, -0.2) is 9.59 Å². The lowest BCUT2D eigenvalue weighted by molar-refractivity contribution is 0.0490. The lowest BCUT2D eigenvalue weighted by Gasteiger charge is -2.11. The largest absolute Gasteiger partial charge is 0.490 e. The summed E-state index contributed by atoms with van der Waals surface area (Å²) in [5.74, 6) is 0.876. The summed E-state index contributed by atoms with van der Waals surface area (Å²) in [5, 5.41) is 3.87. The Morgan fingerprint density at radius 3 is 1.34 bits per heavy atom. The van der Waals surface area contributed by atoms with Crippen molar-refractivity contribution in [2.75, 3.05) is 26.4 Å². The van der Waals surface area contributed by atoms with Gasteiger partial charge in [-0.05, 0) is 82.9 Å². The molecule has 0 bridgehead atoms. The molecule has 6 heteroatoms. The molecule has 0 spiro atoms. The van der Waals surface area contributed by atoms with Crippen LogP contribution in [0.4, 0.5) is 0 Å². The smallest absolute Gasteiger partial charge is 0.338 e. The number of unbranched alkanes of at least 4 members (excludes halogenated alkanes) is 2. The summed E-state index contributed by atoms with van der Waals surface area (Å²) in [5.41, 5.74) is 1.10. The topological polar surface area (TPSA) is 71.1 Å². The molecule has 4 rings (SSSR count). The predicted molar refractivity (Wildman–Crippen MR) is 149 cm³/mol. The maximum atomic E-state index is 12.2. The number of ether oxygens (including phenoxy) is 4. The SMILES string of the molecule is CCCCOC(=O)c1ccc2cc(OCCOc3ccc4cc(C(=O)OCCCC)ccc4c3)ccc2c1. The highest BCUT2D eigenvalue weighted by Gasteiger charge is 2.10. The van der Waals surface area contributed by atoms with Crippen LogP contribution in [-0.2, 0) is 9.47 Å². The molecule has 38 heavy (non-hydrogen) atoms. The third-order valence-corrected chi connectivity index (χ3v) is 6.18. The number of rotatable bonds is 13. The van der Waals surface area contributed by atoms with Crippen molar-refractivity contribution in [3.8, 4) is 11.5 Å². The quantitative estimate of drug-likeness (QED) is 0.137. The molecule has 0 aromatic heterocycles. The fraction of sp³-hybridized carbons (Fsp3) is 0.312. The Kier molecular flexibility index (Phi) is 9.57. The van der Waals surface area contributed by atoms with Gasteiger partial charge in [-0.15, -0.1) is 0 Å². The second-order valence-corrected chi connectivity index (χ2v) is 9.12. The van der Waals surface area contributed by atoms with Crippen molar-refractivity contribution < 1.29 is 28.5 Å². The van der Waals surface area contributed by atoms with Gasteiger partial charge in [0.25, 0.3) is 0 Å². The lowest BCUT2D eigenvalue weighted by Crippen LogP contribution is -2.09. The molecule has 0 radical (unpaired) electrons. The Morgan fingerprint density at radius 2 is 0.921 bits per heavy atom. The average molecular weight is 515 g/mol. The monoisotopic (exact) mass is 514 g/mol. The Hall–Kier alpha value is -4.06. The normalized spacial score (nSPS) is 10.9. The molecule has 198 valence electrons. The Labute approximate surface area is 223 Å². The number of hydrogen-bond donors (Lipinski definition) is 0. The van der Waals surface area contributed by atoms with Gasteiger partial charge < -0.3 is 18.9 Å².